The number of rotatable bonds is 15. The Hall–Kier alpha value is 0.407. The van der Waals surface area contributed by atoms with E-state index in [4.69, 9.17) is 18.0 Å². The molecule has 21 heavy (non-hydrogen) atoms. The Morgan fingerprint density at radius 3 is 2.00 bits per heavy atom. The van der Waals surface area contributed by atoms with Crippen molar-refractivity contribution in [3.05, 3.63) is 0 Å². The van der Waals surface area contributed by atoms with E-state index in [1.165, 1.54) is 18.6 Å². The van der Waals surface area contributed by atoms with Crippen LogP contribution in [0.3, 0.4) is 0 Å². The molecular formula is C15H32O4SSi. The lowest BCUT2D eigenvalue weighted by Gasteiger charge is -2.28. The molecule has 0 N–H and O–H groups in total. The van der Waals surface area contributed by atoms with Crippen molar-refractivity contribution in [2.24, 2.45) is 0 Å². The molecule has 1 aliphatic rings. The van der Waals surface area contributed by atoms with Crippen LogP contribution in [0.4, 0.5) is 0 Å². The van der Waals surface area contributed by atoms with Gasteiger partial charge in [-0.25, -0.2) is 0 Å². The summed E-state index contributed by atoms with van der Waals surface area (Å²) in [7, 11) is -2.46. The minimum Gasteiger partial charge on any atom is -0.381 e. The summed E-state index contributed by atoms with van der Waals surface area (Å²) in [4.78, 5) is 0. The molecule has 126 valence electrons. The van der Waals surface area contributed by atoms with Crippen molar-refractivity contribution in [1.29, 1.82) is 0 Å². The average Bonchev–Trinajstić information content (AvgIpc) is 3.27. The second-order valence-corrected chi connectivity index (χ2v) is 9.26. The fraction of sp³-hybridized carbons (Fsp3) is 1.00. The molecule has 0 aromatic heterocycles. The zero-order valence-corrected chi connectivity index (χ0v) is 15.7. The minimum absolute atomic E-state index is 0.644. The third kappa shape index (κ3) is 9.20. The van der Waals surface area contributed by atoms with Crippen LogP contribution in [0.1, 0.15) is 46.5 Å². The molecule has 0 radical (unpaired) electrons. The molecule has 0 heterocycles. The number of ether oxygens (including phenoxy) is 1. The topological polar surface area (TPSA) is 36.9 Å². The number of thioether (sulfide) groups is 1. The van der Waals surface area contributed by atoms with Gasteiger partial charge in [-0.05, 0) is 52.2 Å². The van der Waals surface area contributed by atoms with E-state index in [1.807, 2.05) is 20.8 Å². The lowest BCUT2D eigenvalue weighted by molar-refractivity contribution is 0.0660. The highest BCUT2D eigenvalue weighted by molar-refractivity contribution is 8.00. The maximum Gasteiger partial charge on any atom is 0.501 e. The van der Waals surface area contributed by atoms with Gasteiger partial charge in [0, 0.05) is 44.3 Å². The van der Waals surface area contributed by atoms with Crippen LogP contribution < -0.4 is 0 Å². The molecule has 0 atom stereocenters. The standard InChI is InChI=1S/C15H32O4SSi/c1-4-17-21(18-5-2,19-6-3)14-8-12-16-11-7-13-20-15-9-10-15/h15H,4-14H2,1-3H3. The highest BCUT2D eigenvalue weighted by Crippen LogP contribution is 2.34. The Balaban J connectivity index is 2.06. The molecule has 6 heteroatoms. The van der Waals surface area contributed by atoms with Crippen LogP contribution >= 0.6 is 11.8 Å². The van der Waals surface area contributed by atoms with E-state index in [9.17, 15) is 0 Å². The summed E-state index contributed by atoms with van der Waals surface area (Å²) in [6, 6.07) is 0.847. The van der Waals surface area contributed by atoms with E-state index in [1.54, 1.807) is 0 Å². The molecule has 0 bridgehead atoms. The normalized spacial score (nSPS) is 15.6. The first-order chi connectivity index (χ1) is 10.3. The largest absolute Gasteiger partial charge is 0.501 e. The summed E-state index contributed by atoms with van der Waals surface area (Å²) in [5.41, 5.74) is 0. The van der Waals surface area contributed by atoms with Crippen molar-refractivity contribution < 1.29 is 18.0 Å². The van der Waals surface area contributed by atoms with E-state index in [0.29, 0.717) is 19.8 Å². The summed E-state index contributed by atoms with van der Waals surface area (Å²) in [6.07, 6.45) is 4.95. The maximum absolute atomic E-state index is 5.82. The maximum atomic E-state index is 5.82. The Morgan fingerprint density at radius 2 is 1.48 bits per heavy atom. The van der Waals surface area contributed by atoms with Crippen molar-refractivity contribution in [3.63, 3.8) is 0 Å². The van der Waals surface area contributed by atoms with Gasteiger partial charge in [-0.1, -0.05) is 0 Å². The van der Waals surface area contributed by atoms with Crippen LogP contribution in [-0.2, 0) is 18.0 Å². The second kappa shape index (κ2) is 11.9. The summed E-state index contributed by atoms with van der Waals surface area (Å²) in [6.45, 7) is 9.56. The molecule has 0 unspecified atom stereocenters. The van der Waals surface area contributed by atoms with Crippen molar-refractivity contribution in [3.8, 4) is 0 Å². The van der Waals surface area contributed by atoms with Crippen LogP contribution in [-0.4, -0.2) is 52.8 Å². The summed E-state index contributed by atoms with van der Waals surface area (Å²) >= 11 is 2.10. The monoisotopic (exact) mass is 336 g/mol. The van der Waals surface area contributed by atoms with Gasteiger partial charge >= 0.3 is 8.80 Å². The van der Waals surface area contributed by atoms with E-state index < -0.39 is 8.80 Å². The lowest BCUT2D eigenvalue weighted by Crippen LogP contribution is -2.46. The zero-order valence-electron chi connectivity index (χ0n) is 13.9. The third-order valence-corrected chi connectivity index (χ3v) is 7.79. The third-order valence-electron chi connectivity index (χ3n) is 3.18. The average molecular weight is 337 g/mol. The van der Waals surface area contributed by atoms with Crippen molar-refractivity contribution >= 4 is 20.6 Å². The van der Waals surface area contributed by atoms with Gasteiger partial charge in [0.05, 0.1) is 0 Å². The smallest absolute Gasteiger partial charge is 0.381 e. The quantitative estimate of drug-likeness (QED) is 0.336. The Kier molecular flexibility index (Phi) is 11.0. The Morgan fingerprint density at radius 1 is 0.905 bits per heavy atom. The molecule has 0 aromatic rings. The first-order valence-corrected chi connectivity index (χ1v) is 11.4. The van der Waals surface area contributed by atoms with Crippen LogP contribution in [0, 0.1) is 0 Å². The SMILES string of the molecule is CCO[Si](CCCOCCCSC1CC1)(OCC)OCC. The molecule has 1 aliphatic carbocycles. The van der Waals surface area contributed by atoms with Crippen LogP contribution in [0.2, 0.25) is 6.04 Å². The van der Waals surface area contributed by atoms with Gasteiger partial charge in [0.2, 0.25) is 0 Å². The summed E-state index contributed by atoms with van der Waals surface area (Å²) < 4.78 is 23.2. The van der Waals surface area contributed by atoms with Gasteiger partial charge in [0.15, 0.2) is 0 Å². The molecule has 1 rings (SSSR count). The predicted molar refractivity (Wildman–Crippen MR) is 91.0 cm³/mol. The molecule has 0 aromatic carbocycles. The number of hydrogen-bond acceptors (Lipinski definition) is 5. The molecule has 0 spiro atoms. The fourth-order valence-electron chi connectivity index (χ4n) is 2.14. The molecule has 0 aliphatic heterocycles. The fourth-order valence-corrected chi connectivity index (χ4v) is 5.81. The molecular weight excluding hydrogens is 304 g/mol. The molecule has 4 nitrogen and oxygen atoms in total. The minimum atomic E-state index is -2.46. The Labute approximate surface area is 135 Å². The summed E-state index contributed by atoms with van der Waals surface area (Å²) in [5.74, 6) is 1.24. The number of hydrogen-bond donors (Lipinski definition) is 0. The van der Waals surface area contributed by atoms with Gasteiger partial charge in [-0.15, -0.1) is 0 Å². The van der Waals surface area contributed by atoms with E-state index in [0.717, 1.165) is 37.3 Å². The molecule has 1 fully saturated rings. The predicted octanol–water partition coefficient (Wildman–Crippen LogP) is 3.73. The van der Waals surface area contributed by atoms with Gasteiger partial charge in [-0.2, -0.15) is 11.8 Å². The summed E-state index contributed by atoms with van der Waals surface area (Å²) in [5, 5.41) is 0.959. The second-order valence-electron chi connectivity index (χ2n) is 5.12. The first kappa shape index (κ1) is 19.5. The van der Waals surface area contributed by atoms with E-state index >= 15 is 0 Å². The highest BCUT2D eigenvalue weighted by Gasteiger charge is 2.39. The molecule has 0 saturated heterocycles. The lowest BCUT2D eigenvalue weighted by atomic mass is 10.5. The van der Waals surface area contributed by atoms with Gasteiger partial charge < -0.3 is 18.0 Å². The Bertz CT molecular complexity index is 235. The van der Waals surface area contributed by atoms with Crippen molar-refractivity contribution in [2.45, 2.75) is 57.7 Å². The molecule has 1 saturated carbocycles. The van der Waals surface area contributed by atoms with Crippen molar-refractivity contribution in [2.75, 3.05) is 38.8 Å². The zero-order chi connectivity index (χ0) is 15.4. The van der Waals surface area contributed by atoms with Gasteiger partial charge in [-0.3, -0.25) is 0 Å². The van der Waals surface area contributed by atoms with Gasteiger partial charge in [0.1, 0.15) is 0 Å². The van der Waals surface area contributed by atoms with E-state index in [-0.39, 0.29) is 0 Å². The highest BCUT2D eigenvalue weighted by atomic mass is 32.2. The van der Waals surface area contributed by atoms with Crippen LogP contribution in [0.25, 0.3) is 0 Å². The first-order valence-electron chi connectivity index (χ1n) is 8.37. The van der Waals surface area contributed by atoms with Crippen LogP contribution in [0.5, 0.6) is 0 Å². The van der Waals surface area contributed by atoms with Crippen molar-refractivity contribution in [1.82, 2.24) is 0 Å². The molecule has 0 amide bonds. The van der Waals surface area contributed by atoms with Gasteiger partial charge in [0.25, 0.3) is 0 Å². The van der Waals surface area contributed by atoms with Crippen LogP contribution in [0.15, 0.2) is 0 Å². The van der Waals surface area contributed by atoms with E-state index in [2.05, 4.69) is 11.8 Å².